The average molecular weight is 542 g/mol. The number of aliphatic carboxylic acids is 1. The molecule has 15 nitrogen and oxygen atoms in total. The van der Waals surface area contributed by atoms with Crippen molar-refractivity contribution in [3.05, 3.63) is 62.7 Å². The zero-order valence-electron chi connectivity index (χ0n) is 19.9. The number of non-ortho nitro benzene ring substituents is 1. The van der Waals surface area contributed by atoms with Crippen LogP contribution in [0.3, 0.4) is 0 Å². The fourth-order valence-corrected chi connectivity index (χ4v) is 5.54. The van der Waals surface area contributed by atoms with Gasteiger partial charge < -0.3 is 19.5 Å². The first-order valence-electron chi connectivity index (χ1n) is 11.2. The number of benzene rings is 1. The predicted molar refractivity (Wildman–Crippen MR) is 126 cm³/mol. The summed E-state index contributed by atoms with van der Waals surface area (Å²) >= 11 is 1.09. The number of rotatable bonds is 8. The lowest BCUT2D eigenvalue weighted by atomic mass is 9.76. The number of hydrogen-bond acceptors (Lipinski definition) is 12. The number of β-lactam (4-membered cyclic amide) rings is 1. The van der Waals surface area contributed by atoms with Gasteiger partial charge in [0.2, 0.25) is 5.91 Å². The first-order valence-corrected chi connectivity index (χ1v) is 12.0. The number of nitro benzene ring substituents is 1. The van der Waals surface area contributed by atoms with E-state index in [-0.39, 0.29) is 24.4 Å². The Labute approximate surface area is 217 Å². The van der Waals surface area contributed by atoms with Gasteiger partial charge in [-0.2, -0.15) is 0 Å². The van der Waals surface area contributed by atoms with Crippen LogP contribution in [0.15, 0.2) is 52.0 Å². The predicted octanol–water partition coefficient (Wildman–Crippen LogP) is 2.18. The van der Waals surface area contributed by atoms with E-state index in [4.69, 9.17) is 9.47 Å². The smallest absolute Gasteiger partial charge is 0.477 e. The van der Waals surface area contributed by atoms with Gasteiger partial charge in [0.05, 0.1) is 16.9 Å². The molecule has 2 aromatic heterocycles. The number of aromatic nitrogens is 5. The molecule has 1 aromatic carbocycles. The number of fused-ring (bicyclic) bond motifs is 2. The summed E-state index contributed by atoms with van der Waals surface area (Å²) in [5.41, 5.74) is -0.612. The minimum absolute atomic E-state index is 0.0966. The molecule has 1 fully saturated rings. The lowest BCUT2D eigenvalue weighted by Crippen LogP contribution is -2.66. The summed E-state index contributed by atoms with van der Waals surface area (Å²) in [6.45, 7) is 2.92. The van der Waals surface area contributed by atoms with Crippen LogP contribution >= 0.6 is 11.8 Å². The Bertz CT molecular complexity index is 1500. The van der Waals surface area contributed by atoms with Crippen molar-refractivity contribution in [2.24, 2.45) is 5.92 Å². The molecule has 196 valence electrons. The van der Waals surface area contributed by atoms with E-state index in [9.17, 15) is 29.6 Å². The number of nitro groups is 1. The first kappa shape index (κ1) is 25.1. The van der Waals surface area contributed by atoms with Crippen LogP contribution in [-0.4, -0.2) is 69.9 Å². The fourth-order valence-electron chi connectivity index (χ4n) is 4.50. The van der Waals surface area contributed by atoms with Crippen LogP contribution in [0.25, 0.3) is 5.65 Å². The van der Waals surface area contributed by atoms with E-state index in [1.807, 2.05) is 0 Å². The molecule has 0 spiro atoms. The molecule has 4 heterocycles. The van der Waals surface area contributed by atoms with E-state index in [1.165, 1.54) is 33.8 Å². The second-order valence-electron chi connectivity index (χ2n) is 9.00. The van der Waals surface area contributed by atoms with Gasteiger partial charge in [-0.3, -0.25) is 14.9 Å². The lowest BCUT2D eigenvalue weighted by Gasteiger charge is -2.49. The highest BCUT2D eigenvalue weighted by atomic mass is 32.2. The average Bonchev–Trinajstić information content (AvgIpc) is 3.44. The molecule has 0 radical (unpaired) electrons. The number of hydrogen-bond donors (Lipinski definition) is 1. The number of carboxylic acid groups (broad SMARTS) is 1. The van der Waals surface area contributed by atoms with E-state index in [0.29, 0.717) is 21.1 Å². The fraction of sp³-hybridized carbons (Fsp3) is 0.318. The molecule has 3 aromatic rings. The third-order valence-corrected chi connectivity index (χ3v) is 7.23. The van der Waals surface area contributed by atoms with E-state index in [2.05, 4.69) is 20.6 Å². The molecule has 0 aliphatic carbocycles. The largest absolute Gasteiger partial charge is 0.509 e. The van der Waals surface area contributed by atoms with Gasteiger partial charge in [0, 0.05) is 23.5 Å². The Kier molecular flexibility index (Phi) is 6.18. The zero-order valence-corrected chi connectivity index (χ0v) is 20.7. The van der Waals surface area contributed by atoms with Crippen molar-refractivity contribution in [2.45, 2.75) is 43.5 Å². The van der Waals surface area contributed by atoms with E-state index in [1.54, 1.807) is 26.0 Å². The molecule has 16 heteroatoms. The number of ether oxygens (including phenoxy) is 2. The molecule has 1 amide bonds. The molecule has 0 bridgehead atoms. The molecule has 38 heavy (non-hydrogen) atoms. The minimum Gasteiger partial charge on any atom is -0.477 e. The summed E-state index contributed by atoms with van der Waals surface area (Å²) < 4.78 is 11.8. The number of carbonyl (C=O) groups is 3. The monoisotopic (exact) mass is 541 g/mol. The first-order chi connectivity index (χ1) is 18.0. The summed E-state index contributed by atoms with van der Waals surface area (Å²) in [6.07, 6.45) is -0.805. The van der Waals surface area contributed by atoms with Crippen molar-refractivity contribution < 1.29 is 33.9 Å². The third kappa shape index (κ3) is 4.49. The normalized spacial score (nSPS) is 18.8. The van der Waals surface area contributed by atoms with Gasteiger partial charge in [-0.15, -0.1) is 14.8 Å². The Hall–Kier alpha value is -4.60. The molecule has 0 unspecified atom stereocenters. The van der Waals surface area contributed by atoms with Crippen molar-refractivity contribution >= 4 is 41.1 Å². The highest BCUT2D eigenvalue weighted by molar-refractivity contribution is 8.03. The van der Waals surface area contributed by atoms with Gasteiger partial charge in [0.1, 0.15) is 22.9 Å². The number of tetrazole rings is 1. The van der Waals surface area contributed by atoms with Gasteiger partial charge in [-0.05, 0) is 54.1 Å². The van der Waals surface area contributed by atoms with Crippen LogP contribution in [0, 0.1) is 16.0 Å². The number of carbonyl (C=O) groups excluding carboxylic acids is 2. The second-order valence-corrected chi connectivity index (χ2v) is 10.1. The van der Waals surface area contributed by atoms with Crippen LogP contribution in [0.2, 0.25) is 0 Å². The van der Waals surface area contributed by atoms with Crippen molar-refractivity contribution in [2.75, 3.05) is 0 Å². The number of carboxylic acids is 1. The second kappa shape index (κ2) is 9.37. The Morgan fingerprint density at radius 2 is 1.97 bits per heavy atom. The number of thioether (sulfide) groups is 1. The summed E-state index contributed by atoms with van der Waals surface area (Å²) in [6, 6.07) is 8.22. The Balaban J connectivity index is 1.25. The van der Waals surface area contributed by atoms with Gasteiger partial charge >= 0.3 is 12.1 Å². The van der Waals surface area contributed by atoms with Crippen molar-refractivity contribution in [3.63, 3.8) is 0 Å². The van der Waals surface area contributed by atoms with Crippen LogP contribution in [-0.2, 0) is 25.7 Å². The van der Waals surface area contributed by atoms with Crippen LogP contribution in [0.4, 0.5) is 10.5 Å². The SMILES string of the molecule is CC(C)(OC(=O)OCc1ccc([N+](=O)[O-])cc1)[C@@H]1C(=O)N2C(C(=O)O)=C(Sc3ccc4nnnn4n3)C[C@H]12. The van der Waals surface area contributed by atoms with Gasteiger partial charge in [0.25, 0.3) is 5.69 Å². The number of amides is 1. The summed E-state index contributed by atoms with van der Waals surface area (Å²) in [5, 5.41) is 36.3. The molecular weight excluding hydrogens is 522 g/mol. The molecular formula is C22H19N7O8S. The topological polar surface area (TPSA) is 192 Å². The minimum atomic E-state index is -1.31. The summed E-state index contributed by atoms with van der Waals surface area (Å²) in [4.78, 5) is 49.4. The van der Waals surface area contributed by atoms with Crippen LogP contribution in [0.1, 0.15) is 25.8 Å². The Morgan fingerprint density at radius 3 is 2.66 bits per heavy atom. The van der Waals surface area contributed by atoms with Crippen LogP contribution < -0.4 is 0 Å². The molecule has 2 aliphatic rings. The van der Waals surface area contributed by atoms with E-state index < -0.39 is 40.5 Å². The quantitative estimate of drug-likeness (QED) is 0.189. The van der Waals surface area contributed by atoms with E-state index in [0.717, 1.165) is 11.8 Å². The standard InChI is InChI=1S/C22H19N7O8S/c1-22(2,37-21(33)36-10-11-3-5-12(6-4-11)29(34)35)17-13-9-14(18(20(31)32)27(13)19(17)30)38-16-8-7-15-23-25-26-28(15)24-16/h3-8,13,17H,9-10H2,1-2H3,(H,31,32)/t13-,17+/m1/s1. The van der Waals surface area contributed by atoms with E-state index >= 15 is 0 Å². The summed E-state index contributed by atoms with van der Waals surface area (Å²) in [7, 11) is 0. The number of nitrogens with zero attached hydrogens (tertiary/aromatic N) is 7. The maximum Gasteiger partial charge on any atom is 0.509 e. The maximum absolute atomic E-state index is 13.1. The van der Waals surface area contributed by atoms with Crippen molar-refractivity contribution in [3.8, 4) is 0 Å². The zero-order chi connectivity index (χ0) is 27.2. The molecule has 1 N–H and O–H groups in total. The van der Waals surface area contributed by atoms with Crippen LogP contribution in [0.5, 0.6) is 0 Å². The van der Waals surface area contributed by atoms with Crippen molar-refractivity contribution in [1.29, 1.82) is 0 Å². The highest BCUT2D eigenvalue weighted by Crippen LogP contribution is 2.51. The molecule has 2 aliphatic heterocycles. The molecule has 1 saturated heterocycles. The molecule has 0 saturated carbocycles. The van der Waals surface area contributed by atoms with Gasteiger partial charge in [0.15, 0.2) is 5.65 Å². The maximum atomic E-state index is 13.1. The Morgan fingerprint density at radius 1 is 1.24 bits per heavy atom. The highest BCUT2D eigenvalue weighted by Gasteiger charge is 2.61. The van der Waals surface area contributed by atoms with Crippen molar-refractivity contribution in [1.82, 2.24) is 30.2 Å². The lowest BCUT2D eigenvalue weighted by molar-refractivity contribution is -0.384. The summed E-state index contributed by atoms with van der Waals surface area (Å²) in [5.74, 6) is -2.55. The third-order valence-electron chi connectivity index (χ3n) is 6.19. The molecule has 2 atom stereocenters. The van der Waals surface area contributed by atoms with Gasteiger partial charge in [-0.25, -0.2) is 9.59 Å². The van der Waals surface area contributed by atoms with Gasteiger partial charge in [-0.1, -0.05) is 11.8 Å². The molecule has 5 rings (SSSR count).